The first-order chi connectivity index (χ1) is 13.2. The average Bonchev–Trinajstić information content (AvgIpc) is 2.99. The van der Waals surface area contributed by atoms with Crippen molar-refractivity contribution in [2.45, 2.75) is 124 Å². The summed E-state index contributed by atoms with van der Waals surface area (Å²) in [7, 11) is 0. The summed E-state index contributed by atoms with van der Waals surface area (Å²) in [5.41, 5.74) is 0.567. The summed E-state index contributed by atoms with van der Waals surface area (Å²) < 4.78 is 0. The zero-order chi connectivity index (χ0) is 20.2. The maximum atomic E-state index is 11.6. The lowest BCUT2D eigenvalue weighted by atomic mass is 9.44. The molecule has 1 heteroatoms. The Morgan fingerprint density at radius 3 is 2.39 bits per heavy atom. The topological polar surface area (TPSA) is 20.2 Å². The minimum atomic E-state index is -0.461. The van der Waals surface area contributed by atoms with E-state index in [1.165, 1.54) is 77.0 Å². The van der Waals surface area contributed by atoms with E-state index >= 15 is 0 Å². The van der Waals surface area contributed by atoms with Crippen LogP contribution in [0, 0.1) is 46.3 Å². The predicted molar refractivity (Wildman–Crippen MR) is 119 cm³/mol. The molecule has 4 aliphatic rings. The standard InChI is InChI=1S/C27H48O/c1-19(2)9-8-17-27(5,28)24-14-13-22-21-12-11-20-10-6-7-16-25(20,3)23(21)15-18-26(22,24)4/h19-24,28H,6-18H2,1-5H3/t20?,21-,22-,23-,24-,25-,26-,27-/m0/s1. The highest BCUT2D eigenvalue weighted by atomic mass is 16.3. The van der Waals surface area contributed by atoms with E-state index in [1.807, 2.05) is 0 Å². The van der Waals surface area contributed by atoms with Gasteiger partial charge in [-0.1, -0.05) is 53.4 Å². The van der Waals surface area contributed by atoms with Crippen molar-refractivity contribution in [2.75, 3.05) is 0 Å². The molecule has 0 spiro atoms. The maximum Gasteiger partial charge on any atom is 0.0653 e. The highest BCUT2D eigenvalue weighted by molar-refractivity contribution is 5.11. The van der Waals surface area contributed by atoms with Crippen LogP contribution in [0.3, 0.4) is 0 Å². The molecule has 0 aromatic rings. The first-order valence-electron chi connectivity index (χ1n) is 12.9. The highest BCUT2D eigenvalue weighted by Crippen LogP contribution is 2.68. The van der Waals surface area contributed by atoms with Crippen molar-refractivity contribution in [3.63, 3.8) is 0 Å². The van der Waals surface area contributed by atoms with Gasteiger partial charge in [-0.15, -0.1) is 0 Å². The molecular formula is C27H48O. The van der Waals surface area contributed by atoms with E-state index in [2.05, 4.69) is 34.6 Å². The molecule has 162 valence electrons. The molecule has 1 unspecified atom stereocenters. The minimum Gasteiger partial charge on any atom is -0.390 e. The molecule has 28 heavy (non-hydrogen) atoms. The second kappa shape index (κ2) is 7.58. The zero-order valence-electron chi connectivity index (χ0n) is 19.6. The second-order valence-corrected chi connectivity index (χ2v) is 12.7. The van der Waals surface area contributed by atoms with Gasteiger partial charge in [-0.25, -0.2) is 0 Å². The van der Waals surface area contributed by atoms with Crippen LogP contribution in [0.25, 0.3) is 0 Å². The third-order valence-corrected chi connectivity index (χ3v) is 10.8. The molecule has 0 bridgehead atoms. The van der Waals surface area contributed by atoms with Gasteiger partial charge in [0, 0.05) is 0 Å². The Morgan fingerprint density at radius 1 is 0.893 bits per heavy atom. The van der Waals surface area contributed by atoms with E-state index in [9.17, 15) is 5.11 Å². The SMILES string of the molecule is CC(C)CCC[C@](C)(O)[C@H]1CC[C@H]2[C@@H]3CCC4CCCC[C@]4(C)[C@H]3CC[C@@]21C. The quantitative estimate of drug-likeness (QED) is 0.513. The van der Waals surface area contributed by atoms with Gasteiger partial charge < -0.3 is 5.11 Å². The summed E-state index contributed by atoms with van der Waals surface area (Å²) in [5, 5.41) is 11.6. The third-order valence-electron chi connectivity index (χ3n) is 10.8. The second-order valence-electron chi connectivity index (χ2n) is 12.7. The van der Waals surface area contributed by atoms with E-state index < -0.39 is 5.60 Å². The maximum absolute atomic E-state index is 11.6. The van der Waals surface area contributed by atoms with Crippen LogP contribution >= 0.6 is 0 Å². The van der Waals surface area contributed by atoms with Crippen molar-refractivity contribution in [1.82, 2.24) is 0 Å². The third kappa shape index (κ3) is 3.40. The Hall–Kier alpha value is -0.0400. The molecule has 4 rings (SSSR count). The Bertz CT molecular complexity index is 550. The van der Waals surface area contributed by atoms with Gasteiger partial charge in [0.05, 0.1) is 5.60 Å². The number of hydrogen-bond donors (Lipinski definition) is 1. The van der Waals surface area contributed by atoms with Crippen LogP contribution < -0.4 is 0 Å². The zero-order valence-corrected chi connectivity index (χ0v) is 19.6. The molecule has 0 aromatic heterocycles. The minimum absolute atomic E-state index is 0.389. The molecule has 1 N–H and O–H groups in total. The molecular weight excluding hydrogens is 340 g/mol. The van der Waals surface area contributed by atoms with Gasteiger partial charge in [-0.05, 0) is 111 Å². The number of aliphatic hydroxyl groups is 1. The Morgan fingerprint density at radius 2 is 1.64 bits per heavy atom. The molecule has 0 radical (unpaired) electrons. The van der Waals surface area contributed by atoms with Crippen LogP contribution in [0.15, 0.2) is 0 Å². The van der Waals surface area contributed by atoms with Crippen molar-refractivity contribution in [3.8, 4) is 0 Å². The van der Waals surface area contributed by atoms with Gasteiger partial charge >= 0.3 is 0 Å². The van der Waals surface area contributed by atoms with Gasteiger partial charge in [0.25, 0.3) is 0 Å². The summed E-state index contributed by atoms with van der Waals surface area (Å²) in [5.74, 6) is 5.11. The van der Waals surface area contributed by atoms with E-state index in [4.69, 9.17) is 0 Å². The fourth-order valence-corrected chi connectivity index (χ4v) is 9.36. The van der Waals surface area contributed by atoms with Crippen LogP contribution in [-0.4, -0.2) is 10.7 Å². The van der Waals surface area contributed by atoms with E-state index in [0.717, 1.165) is 36.0 Å². The first-order valence-corrected chi connectivity index (χ1v) is 12.9. The number of rotatable bonds is 5. The monoisotopic (exact) mass is 388 g/mol. The van der Waals surface area contributed by atoms with Crippen LogP contribution in [0.5, 0.6) is 0 Å². The van der Waals surface area contributed by atoms with E-state index in [1.54, 1.807) is 0 Å². The molecule has 0 aromatic carbocycles. The normalized spacial score (nSPS) is 47.9. The van der Waals surface area contributed by atoms with Gasteiger partial charge in [0.1, 0.15) is 0 Å². The summed E-state index contributed by atoms with van der Waals surface area (Å²) in [6.07, 6.45) is 17.9. The van der Waals surface area contributed by atoms with E-state index in [0.29, 0.717) is 16.7 Å². The molecule has 8 atom stereocenters. The Balaban J connectivity index is 1.50. The lowest BCUT2D eigenvalue weighted by molar-refractivity contribution is -0.135. The predicted octanol–water partition coefficient (Wildman–Crippen LogP) is 7.61. The molecule has 0 saturated heterocycles. The summed E-state index contributed by atoms with van der Waals surface area (Å²) in [4.78, 5) is 0. The molecule has 0 aliphatic heterocycles. The van der Waals surface area contributed by atoms with Crippen LogP contribution in [0.2, 0.25) is 0 Å². The molecule has 4 saturated carbocycles. The van der Waals surface area contributed by atoms with Gasteiger partial charge in [-0.2, -0.15) is 0 Å². The van der Waals surface area contributed by atoms with Crippen molar-refractivity contribution >= 4 is 0 Å². The van der Waals surface area contributed by atoms with Crippen LogP contribution in [0.4, 0.5) is 0 Å². The van der Waals surface area contributed by atoms with Gasteiger partial charge in [-0.3, -0.25) is 0 Å². The Kier molecular flexibility index (Phi) is 5.74. The fourth-order valence-electron chi connectivity index (χ4n) is 9.36. The molecule has 1 nitrogen and oxygen atoms in total. The lowest BCUT2D eigenvalue weighted by Crippen LogP contribution is -2.54. The fraction of sp³-hybridized carbons (Fsp3) is 1.00. The summed E-state index contributed by atoms with van der Waals surface area (Å²) >= 11 is 0. The number of hydrogen-bond acceptors (Lipinski definition) is 1. The van der Waals surface area contributed by atoms with Crippen molar-refractivity contribution < 1.29 is 5.11 Å². The summed E-state index contributed by atoms with van der Waals surface area (Å²) in [6.45, 7) is 12.1. The smallest absolute Gasteiger partial charge is 0.0653 e. The largest absolute Gasteiger partial charge is 0.390 e. The Labute approximate surface area is 175 Å². The highest BCUT2D eigenvalue weighted by Gasteiger charge is 2.61. The van der Waals surface area contributed by atoms with Gasteiger partial charge in [0.15, 0.2) is 0 Å². The molecule has 4 fully saturated rings. The van der Waals surface area contributed by atoms with E-state index in [-0.39, 0.29) is 0 Å². The number of fused-ring (bicyclic) bond motifs is 5. The van der Waals surface area contributed by atoms with Crippen LogP contribution in [-0.2, 0) is 0 Å². The van der Waals surface area contributed by atoms with Crippen molar-refractivity contribution in [3.05, 3.63) is 0 Å². The molecule has 0 heterocycles. The van der Waals surface area contributed by atoms with Crippen molar-refractivity contribution in [1.29, 1.82) is 0 Å². The molecule has 4 aliphatic carbocycles. The van der Waals surface area contributed by atoms with Crippen molar-refractivity contribution in [2.24, 2.45) is 46.3 Å². The average molecular weight is 389 g/mol. The summed E-state index contributed by atoms with van der Waals surface area (Å²) in [6, 6.07) is 0. The van der Waals surface area contributed by atoms with Crippen LogP contribution in [0.1, 0.15) is 118 Å². The van der Waals surface area contributed by atoms with Gasteiger partial charge in [0.2, 0.25) is 0 Å². The lowest BCUT2D eigenvalue weighted by Gasteiger charge is -2.61. The first kappa shape index (κ1) is 21.2. The molecule has 0 amide bonds.